The summed E-state index contributed by atoms with van der Waals surface area (Å²) in [6.07, 6.45) is 0. The molecule has 0 saturated carbocycles. The summed E-state index contributed by atoms with van der Waals surface area (Å²) in [5, 5.41) is 2.85. The van der Waals surface area contributed by atoms with E-state index in [1.54, 1.807) is 12.1 Å². The molecule has 0 radical (unpaired) electrons. The monoisotopic (exact) mass is 386 g/mol. The van der Waals surface area contributed by atoms with Gasteiger partial charge in [0, 0.05) is 25.8 Å². The highest BCUT2D eigenvalue weighted by atomic mass is 32.2. The van der Waals surface area contributed by atoms with E-state index in [4.69, 9.17) is 12.2 Å². The smallest absolute Gasteiger partial charge is 0.242 e. The molecule has 6 nitrogen and oxygen atoms in total. The summed E-state index contributed by atoms with van der Waals surface area (Å²) in [6.45, 7) is 0. The van der Waals surface area contributed by atoms with Crippen molar-refractivity contribution in [2.24, 2.45) is 0 Å². The molecule has 0 fully saturated rings. The van der Waals surface area contributed by atoms with Crippen molar-refractivity contribution in [3.05, 3.63) is 54.1 Å². The highest BCUT2D eigenvalue weighted by Crippen LogP contribution is 2.18. The van der Waals surface area contributed by atoms with Crippen LogP contribution in [-0.2, 0) is 10.0 Å². The average Bonchev–Trinajstić information content (AvgIpc) is 2.54. The maximum atomic E-state index is 13.5. The topological polar surface area (TPSA) is 73.5 Å². The first-order chi connectivity index (χ1) is 11.7. The molecule has 0 bridgehead atoms. The molecule has 0 saturated heterocycles. The fourth-order valence-electron chi connectivity index (χ4n) is 1.82. The Morgan fingerprint density at radius 2 is 1.84 bits per heavy atom. The van der Waals surface area contributed by atoms with Crippen molar-refractivity contribution in [1.29, 1.82) is 0 Å². The number of nitrogens with zero attached hydrogens (tertiary/aromatic N) is 1. The van der Waals surface area contributed by atoms with Crippen LogP contribution in [0.5, 0.6) is 0 Å². The van der Waals surface area contributed by atoms with E-state index in [0.29, 0.717) is 5.69 Å². The van der Waals surface area contributed by atoms with E-state index in [2.05, 4.69) is 16.2 Å². The summed E-state index contributed by atoms with van der Waals surface area (Å²) in [5.74, 6) is -1.47. The summed E-state index contributed by atoms with van der Waals surface area (Å²) in [4.78, 5) is 0.0999. The predicted molar refractivity (Wildman–Crippen MR) is 96.7 cm³/mol. The molecule has 0 aliphatic carbocycles. The fourth-order valence-corrected chi connectivity index (χ4v) is 2.94. The van der Waals surface area contributed by atoms with E-state index in [9.17, 15) is 17.2 Å². The first-order valence-corrected chi connectivity index (χ1v) is 8.85. The van der Waals surface area contributed by atoms with Crippen LogP contribution in [0.2, 0.25) is 0 Å². The largest absolute Gasteiger partial charge is 0.331 e. The van der Waals surface area contributed by atoms with Crippen LogP contribution in [0, 0.1) is 11.6 Å². The lowest BCUT2D eigenvalue weighted by molar-refractivity contribution is 0.521. The van der Waals surface area contributed by atoms with Gasteiger partial charge in [0.2, 0.25) is 10.0 Å². The molecule has 0 heterocycles. The normalized spacial score (nSPS) is 11.2. The van der Waals surface area contributed by atoms with E-state index in [1.165, 1.54) is 32.3 Å². The lowest BCUT2D eigenvalue weighted by Crippen LogP contribution is -2.33. The number of benzene rings is 2. The Bertz CT molecular complexity index is 889. The Hall–Kier alpha value is -2.30. The Balaban J connectivity index is 2.03. The van der Waals surface area contributed by atoms with Crippen LogP contribution in [0.1, 0.15) is 0 Å². The Morgan fingerprint density at radius 3 is 2.48 bits per heavy atom. The molecule has 2 rings (SSSR count). The highest BCUT2D eigenvalue weighted by molar-refractivity contribution is 7.89. The molecule has 0 aromatic heterocycles. The number of thiocarbonyl (C=S) groups is 1. The van der Waals surface area contributed by atoms with Crippen molar-refractivity contribution in [3.63, 3.8) is 0 Å². The van der Waals surface area contributed by atoms with Crippen LogP contribution in [0.25, 0.3) is 0 Å². The second-order valence-electron chi connectivity index (χ2n) is 5.14. The third kappa shape index (κ3) is 4.84. The first-order valence-electron chi connectivity index (χ1n) is 7.01. The molecule has 0 unspecified atom stereocenters. The minimum atomic E-state index is -3.57. The fraction of sp³-hybridized carbons (Fsp3) is 0.133. The van der Waals surface area contributed by atoms with Crippen molar-refractivity contribution in [1.82, 2.24) is 9.73 Å². The molecule has 0 aliphatic heterocycles. The second kappa shape index (κ2) is 7.72. The number of hydrogen-bond acceptors (Lipinski definition) is 4. The Labute approximate surface area is 149 Å². The van der Waals surface area contributed by atoms with Crippen molar-refractivity contribution >= 4 is 38.7 Å². The number of anilines is 2. The Morgan fingerprint density at radius 1 is 1.12 bits per heavy atom. The molecule has 0 atom stereocenters. The highest BCUT2D eigenvalue weighted by Gasteiger charge is 2.17. The number of hydrogen-bond donors (Lipinski definition) is 3. The zero-order valence-corrected chi connectivity index (χ0v) is 15.0. The lowest BCUT2D eigenvalue weighted by Gasteiger charge is -2.15. The minimum absolute atomic E-state index is 0.00878. The molecule has 0 spiro atoms. The van der Waals surface area contributed by atoms with E-state index in [-0.39, 0.29) is 15.7 Å². The molecular formula is C15H16F2N4O2S2. The molecule has 10 heteroatoms. The van der Waals surface area contributed by atoms with Crippen LogP contribution < -0.4 is 16.2 Å². The maximum Gasteiger partial charge on any atom is 0.242 e. The Kier molecular flexibility index (Phi) is 5.88. The lowest BCUT2D eigenvalue weighted by atomic mass is 10.3. The molecule has 3 N–H and O–H groups in total. The standard InChI is InChI=1S/C15H16F2N4O2S2/c1-21(2)25(22,23)12-5-3-4-11(9-12)18-15(24)20-19-14-7-6-10(16)8-13(14)17/h3-9,19H,1-2H3,(H2,18,20,24). The van der Waals surface area contributed by atoms with Crippen LogP contribution in [0.15, 0.2) is 47.4 Å². The van der Waals surface area contributed by atoms with Gasteiger partial charge < -0.3 is 5.32 Å². The predicted octanol–water partition coefficient (Wildman–Crippen LogP) is 2.53. The summed E-state index contributed by atoms with van der Waals surface area (Å²) in [7, 11) is -0.705. The van der Waals surface area contributed by atoms with Gasteiger partial charge in [-0.15, -0.1) is 0 Å². The third-order valence-electron chi connectivity index (χ3n) is 3.11. The third-order valence-corrected chi connectivity index (χ3v) is 5.13. The molecule has 25 heavy (non-hydrogen) atoms. The molecular weight excluding hydrogens is 370 g/mol. The summed E-state index contributed by atoms with van der Waals surface area (Å²) in [6, 6.07) is 9.11. The van der Waals surface area contributed by atoms with E-state index in [0.717, 1.165) is 16.4 Å². The molecule has 2 aromatic carbocycles. The van der Waals surface area contributed by atoms with Gasteiger partial charge >= 0.3 is 0 Å². The molecule has 0 amide bonds. The van der Waals surface area contributed by atoms with E-state index >= 15 is 0 Å². The van der Waals surface area contributed by atoms with E-state index < -0.39 is 21.7 Å². The maximum absolute atomic E-state index is 13.5. The van der Waals surface area contributed by atoms with Gasteiger partial charge in [-0.2, -0.15) is 0 Å². The van der Waals surface area contributed by atoms with Gasteiger partial charge in [0.25, 0.3) is 0 Å². The van der Waals surface area contributed by atoms with Gasteiger partial charge in [0.15, 0.2) is 10.9 Å². The van der Waals surface area contributed by atoms with Gasteiger partial charge in [-0.25, -0.2) is 21.5 Å². The number of sulfonamides is 1. The van der Waals surface area contributed by atoms with Gasteiger partial charge in [0.05, 0.1) is 10.6 Å². The molecule has 2 aromatic rings. The quantitative estimate of drug-likeness (QED) is 0.542. The van der Waals surface area contributed by atoms with Crippen molar-refractivity contribution in [3.8, 4) is 0 Å². The molecule has 134 valence electrons. The van der Waals surface area contributed by atoms with Gasteiger partial charge in [-0.1, -0.05) is 6.07 Å². The molecule has 0 aliphatic rings. The van der Waals surface area contributed by atoms with Crippen molar-refractivity contribution < 1.29 is 17.2 Å². The van der Waals surface area contributed by atoms with E-state index in [1.807, 2.05) is 0 Å². The summed E-state index contributed by atoms with van der Waals surface area (Å²) < 4.78 is 51.7. The SMILES string of the molecule is CN(C)S(=O)(=O)c1cccc(NC(=S)NNc2ccc(F)cc2F)c1. The summed E-state index contributed by atoms with van der Waals surface area (Å²) in [5.41, 5.74) is 5.48. The van der Waals surface area contributed by atoms with Crippen LogP contribution in [-0.4, -0.2) is 31.9 Å². The number of halogens is 2. The minimum Gasteiger partial charge on any atom is -0.331 e. The van der Waals surface area contributed by atoms with Crippen molar-refractivity contribution in [2.75, 3.05) is 24.8 Å². The first kappa shape index (κ1) is 19.0. The van der Waals surface area contributed by atoms with Gasteiger partial charge in [0.1, 0.15) is 5.82 Å². The number of hydrazine groups is 1. The van der Waals surface area contributed by atoms with Gasteiger partial charge in [-0.05, 0) is 42.5 Å². The zero-order chi connectivity index (χ0) is 18.6. The average molecular weight is 386 g/mol. The second-order valence-corrected chi connectivity index (χ2v) is 7.70. The zero-order valence-electron chi connectivity index (χ0n) is 13.4. The number of nitrogens with one attached hydrogen (secondary N) is 3. The summed E-state index contributed by atoms with van der Waals surface area (Å²) >= 11 is 5.05. The van der Waals surface area contributed by atoms with Crippen molar-refractivity contribution in [2.45, 2.75) is 4.90 Å². The number of rotatable bonds is 5. The van der Waals surface area contributed by atoms with Crippen LogP contribution in [0.3, 0.4) is 0 Å². The van der Waals surface area contributed by atoms with Crippen LogP contribution in [0.4, 0.5) is 20.2 Å². The van der Waals surface area contributed by atoms with Crippen LogP contribution >= 0.6 is 12.2 Å². The van der Waals surface area contributed by atoms with Gasteiger partial charge in [-0.3, -0.25) is 10.9 Å².